The molecule has 1 N–H and O–H groups in total. The largest absolute Gasteiger partial charge is 0.461 e. The number of ether oxygens (including phenoxy) is 1. The van der Waals surface area contributed by atoms with Crippen molar-refractivity contribution in [2.45, 2.75) is 13.8 Å². The predicted octanol–water partition coefficient (Wildman–Crippen LogP) is 2.43. The highest BCUT2D eigenvalue weighted by molar-refractivity contribution is 8.04. The second kappa shape index (κ2) is 5.44. The molecule has 1 aliphatic carbocycles. The van der Waals surface area contributed by atoms with E-state index in [1.807, 2.05) is 6.92 Å². The molecule has 0 bridgehead atoms. The van der Waals surface area contributed by atoms with Crippen LogP contribution in [0, 0.1) is 0 Å². The molecule has 0 radical (unpaired) electrons. The maximum absolute atomic E-state index is 12.3. The Hall–Kier alpha value is -1.82. The predicted molar refractivity (Wildman–Crippen MR) is 74.1 cm³/mol. The molecule has 6 heteroatoms. The monoisotopic (exact) mass is 278 g/mol. The number of nitrogens with one attached hydrogen (secondary N) is 1. The molecule has 0 aliphatic heterocycles. The van der Waals surface area contributed by atoms with Gasteiger partial charge in [-0.2, -0.15) is 5.10 Å². The van der Waals surface area contributed by atoms with Gasteiger partial charge in [0.05, 0.1) is 22.8 Å². The number of aromatic amines is 1. The van der Waals surface area contributed by atoms with E-state index in [1.165, 1.54) is 11.8 Å². The molecular weight excluding hydrogens is 264 g/mol. The fourth-order valence-electron chi connectivity index (χ4n) is 1.82. The standard InChI is InChI=1S/C13H14N2O3S/c1-4-18-13(17)11-9-10(14-15-11)7(3)6-8(12(9)16)19-5-2/h6H,3-5H2,1-2H3,(H,14,15). The lowest BCUT2D eigenvalue weighted by atomic mass is 9.97. The number of ketones is 1. The topological polar surface area (TPSA) is 72.1 Å². The summed E-state index contributed by atoms with van der Waals surface area (Å²) in [6.07, 6.45) is 1.71. The Morgan fingerprint density at radius 2 is 2.26 bits per heavy atom. The summed E-state index contributed by atoms with van der Waals surface area (Å²) < 4.78 is 4.90. The molecule has 1 aromatic rings. The summed E-state index contributed by atoms with van der Waals surface area (Å²) in [5.41, 5.74) is 1.44. The van der Waals surface area contributed by atoms with Gasteiger partial charge in [-0.05, 0) is 24.3 Å². The van der Waals surface area contributed by atoms with Crippen LogP contribution in [0.15, 0.2) is 17.6 Å². The van der Waals surface area contributed by atoms with Crippen LogP contribution in [0.3, 0.4) is 0 Å². The van der Waals surface area contributed by atoms with E-state index in [-0.39, 0.29) is 23.6 Å². The summed E-state index contributed by atoms with van der Waals surface area (Å²) in [6.45, 7) is 7.78. The van der Waals surface area contributed by atoms with Crippen molar-refractivity contribution < 1.29 is 14.3 Å². The van der Waals surface area contributed by atoms with Gasteiger partial charge in [0.25, 0.3) is 0 Å². The molecule has 5 nitrogen and oxygen atoms in total. The number of Topliss-reactive ketones (excluding diaryl/α,β-unsaturated/α-hetero) is 1. The molecular formula is C13H14N2O3S. The number of aromatic nitrogens is 2. The third-order valence-electron chi connectivity index (χ3n) is 2.61. The summed E-state index contributed by atoms with van der Waals surface area (Å²) >= 11 is 1.42. The molecule has 2 rings (SSSR count). The summed E-state index contributed by atoms with van der Waals surface area (Å²) in [5, 5.41) is 6.57. The minimum atomic E-state index is -0.594. The van der Waals surface area contributed by atoms with E-state index in [4.69, 9.17) is 4.74 Å². The molecule has 0 amide bonds. The number of thioether (sulfide) groups is 1. The SMILES string of the molecule is C=C1C=C(SCC)C(=O)c2c(C(=O)OCC)n[nH]c21. The van der Waals surface area contributed by atoms with Crippen LogP contribution in [0.25, 0.3) is 5.57 Å². The fourth-order valence-corrected chi connectivity index (χ4v) is 2.59. The van der Waals surface area contributed by atoms with Gasteiger partial charge in [0.2, 0.25) is 5.78 Å². The quantitative estimate of drug-likeness (QED) is 0.856. The highest BCUT2D eigenvalue weighted by Gasteiger charge is 2.31. The first kappa shape index (κ1) is 13.6. The van der Waals surface area contributed by atoms with Gasteiger partial charge in [0, 0.05) is 0 Å². The van der Waals surface area contributed by atoms with Crippen LogP contribution >= 0.6 is 11.8 Å². The first-order chi connectivity index (χ1) is 9.10. The highest BCUT2D eigenvalue weighted by atomic mass is 32.2. The number of fused-ring (bicyclic) bond motifs is 1. The number of carbonyl (C=O) groups excluding carboxylic acids is 2. The number of allylic oxidation sites excluding steroid dienone is 3. The van der Waals surface area contributed by atoms with Crippen molar-refractivity contribution in [1.29, 1.82) is 0 Å². The molecule has 0 saturated heterocycles. The lowest BCUT2D eigenvalue weighted by Crippen LogP contribution is -2.15. The number of H-pyrrole nitrogens is 1. The molecule has 0 fully saturated rings. The van der Waals surface area contributed by atoms with Crippen molar-refractivity contribution in [1.82, 2.24) is 10.2 Å². The van der Waals surface area contributed by atoms with Crippen molar-refractivity contribution in [3.63, 3.8) is 0 Å². The Morgan fingerprint density at radius 3 is 2.89 bits per heavy atom. The molecule has 0 saturated carbocycles. The van der Waals surface area contributed by atoms with Crippen molar-refractivity contribution in [2.24, 2.45) is 0 Å². The Morgan fingerprint density at radius 1 is 1.53 bits per heavy atom. The zero-order valence-corrected chi connectivity index (χ0v) is 11.6. The van der Waals surface area contributed by atoms with Crippen LogP contribution in [-0.2, 0) is 4.74 Å². The fraction of sp³-hybridized carbons (Fsp3) is 0.308. The van der Waals surface area contributed by atoms with Crippen molar-refractivity contribution in [2.75, 3.05) is 12.4 Å². The summed E-state index contributed by atoms with van der Waals surface area (Å²) in [5.74, 6) is -0.0257. The smallest absolute Gasteiger partial charge is 0.359 e. The lowest BCUT2D eigenvalue weighted by molar-refractivity contribution is 0.0516. The first-order valence-corrected chi connectivity index (χ1v) is 6.92. The van der Waals surface area contributed by atoms with Gasteiger partial charge >= 0.3 is 5.97 Å². The molecule has 1 heterocycles. The maximum Gasteiger partial charge on any atom is 0.359 e. The van der Waals surface area contributed by atoms with Gasteiger partial charge < -0.3 is 4.74 Å². The molecule has 1 aliphatic rings. The molecule has 100 valence electrons. The van der Waals surface area contributed by atoms with Crippen LogP contribution in [0.2, 0.25) is 0 Å². The molecule has 19 heavy (non-hydrogen) atoms. The average Bonchev–Trinajstić information content (AvgIpc) is 2.81. The van der Waals surface area contributed by atoms with Crippen molar-refractivity contribution >= 4 is 29.1 Å². The number of hydrogen-bond donors (Lipinski definition) is 1. The highest BCUT2D eigenvalue weighted by Crippen LogP contribution is 2.33. The van der Waals surface area contributed by atoms with E-state index in [0.29, 0.717) is 16.2 Å². The molecule has 1 aromatic heterocycles. The van der Waals surface area contributed by atoms with Gasteiger partial charge in [0.15, 0.2) is 5.69 Å². The van der Waals surface area contributed by atoms with Crippen LogP contribution < -0.4 is 0 Å². The number of nitrogens with zero attached hydrogens (tertiary/aromatic N) is 1. The number of hydrogen-bond acceptors (Lipinski definition) is 5. The minimum absolute atomic E-state index is 0.0327. The summed E-state index contributed by atoms with van der Waals surface area (Å²) in [7, 11) is 0. The maximum atomic E-state index is 12.3. The number of carbonyl (C=O) groups is 2. The third kappa shape index (κ3) is 2.35. The van der Waals surface area contributed by atoms with Gasteiger partial charge in [-0.15, -0.1) is 11.8 Å². The van der Waals surface area contributed by atoms with Gasteiger partial charge in [-0.3, -0.25) is 9.89 Å². The first-order valence-electron chi connectivity index (χ1n) is 5.94. The van der Waals surface area contributed by atoms with Gasteiger partial charge in [0.1, 0.15) is 0 Å². The third-order valence-corrected chi connectivity index (χ3v) is 3.52. The molecule has 0 unspecified atom stereocenters. The average molecular weight is 278 g/mol. The van der Waals surface area contributed by atoms with Crippen molar-refractivity contribution in [3.8, 4) is 0 Å². The van der Waals surface area contributed by atoms with E-state index in [2.05, 4.69) is 16.8 Å². The number of esters is 1. The van der Waals surface area contributed by atoms with E-state index >= 15 is 0 Å². The second-order valence-corrected chi connectivity index (χ2v) is 5.14. The Kier molecular flexibility index (Phi) is 3.90. The Labute approximate surface area is 115 Å². The van der Waals surface area contributed by atoms with Crippen LogP contribution in [0.1, 0.15) is 40.4 Å². The van der Waals surface area contributed by atoms with Crippen LogP contribution in [0.4, 0.5) is 0 Å². The van der Waals surface area contributed by atoms with Crippen molar-refractivity contribution in [3.05, 3.63) is 34.5 Å². The molecule has 0 atom stereocenters. The van der Waals surface area contributed by atoms with E-state index in [0.717, 1.165) is 5.75 Å². The minimum Gasteiger partial charge on any atom is -0.461 e. The second-order valence-electron chi connectivity index (χ2n) is 3.84. The van der Waals surface area contributed by atoms with Crippen LogP contribution in [0.5, 0.6) is 0 Å². The zero-order valence-electron chi connectivity index (χ0n) is 10.8. The Bertz CT molecular complexity index is 587. The number of rotatable bonds is 4. The summed E-state index contributed by atoms with van der Waals surface area (Å²) in [6, 6.07) is 0. The van der Waals surface area contributed by atoms with E-state index < -0.39 is 5.97 Å². The van der Waals surface area contributed by atoms with Gasteiger partial charge in [-0.1, -0.05) is 13.5 Å². The normalized spacial score (nSPS) is 14.1. The van der Waals surface area contributed by atoms with E-state index in [9.17, 15) is 9.59 Å². The van der Waals surface area contributed by atoms with Gasteiger partial charge in [-0.25, -0.2) is 4.79 Å². The summed E-state index contributed by atoms with van der Waals surface area (Å²) in [4.78, 5) is 24.7. The Balaban J connectivity index is 2.46. The zero-order chi connectivity index (χ0) is 14.0. The van der Waals surface area contributed by atoms with Crippen LogP contribution in [-0.4, -0.2) is 34.3 Å². The molecule has 0 spiro atoms. The molecule has 0 aromatic carbocycles. The lowest BCUT2D eigenvalue weighted by Gasteiger charge is -2.13. The van der Waals surface area contributed by atoms with E-state index in [1.54, 1.807) is 13.0 Å².